The Morgan fingerprint density at radius 3 is 2.59 bits per heavy atom. The summed E-state index contributed by atoms with van der Waals surface area (Å²) in [7, 11) is 1.55. The lowest BCUT2D eigenvalue weighted by atomic mass is 9.98. The Balaban J connectivity index is 2.98. The molecule has 0 aliphatic heterocycles. The maximum atomic E-state index is 10.5. The smallest absolute Gasteiger partial charge is 0.303 e. The normalized spacial score (nSPS) is 12.2. The number of carboxylic acid groups (broad SMARTS) is 1. The molecule has 0 aliphatic rings. The molecule has 0 bridgehead atoms. The Morgan fingerprint density at radius 2 is 2.06 bits per heavy atom. The lowest BCUT2D eigenvalue weighted by molar-refractivity contribution is -0.137. The summed E-state index contributed by atoms with van der Waals surface area (Å²) in [5.74, 6) is -0.277. The van der Waals surface area contributed by atoms with Gasteiger partial charge in [0.05, 0.1) is 13.2 Å². The van der Waals surface area contributed by atoms with Crippen LogP contribution in [0.4, 0.5) is 0 Å². The van der Waals surface area contributed by atoms with Crippen LogP contribution in [0, 0.1) is 13.8 Å². The van der Waals surface area contributed by atoms with E-state index < -0.39 is 12.1 Å². The highest BCUT2D eigenvalue weighted by Gasteiger charge is 2.16. The van der Waals surface area contributed by atoms with Crippen molar-refractivity contribution in [1.29, 1.82) is 0 Å². The summed E-state index contributed by atoms with van der Waals surface area (Å²) in [6.07, 6.45) is -0.675. The standard InChI is InChI=1S/C13H18O4/c1-8-6-9(2)13(17-3)10(7-8)11(14)4-5-12(15)16/h6-7,11,14H,4-5H2,1-3H3,(H,15,16). The number of aliphatic hydroxyl groups excluding tert-OH is 1. The average molecular weight is 238 g/mol. The largest absolute Gasteiger partial charge is 0.496 e. The first-order valence-corrected chi connectivity index (χ1v) is 5.50. The van der Waals surface area contributed by atoms with Crippen LogP contribution in [0.3, 0.4) is 0 Å². The van der Waals surface area contributed by atoms with E-state index in [4.69, 9.17) is 9.84 Å². The lowest BCUT2D eigenvalue weighted by Crippen LogP contribution is -2.05. The van der Waals surface area contributed by atoms with Crippen molar-refractivity contribution in [3.63, 3.8) is 0 Å². The van der Waals surface area contributed by atoms with Gasteiger partial charge in [-0.1, -0.05) is 11.6 Å². The van der Waals surface area contributed by atoms with Crippen LogP contribution >= 0.6 is 0 Å². The van der Waals surface area contributed by atoms with E-state index in [0.29, 0.717) is 11.3 Å². The van der Waals surface area contributed by atoms with E-state index in [2.05, 4.69) is 0 Å². The lowest BCUT2D eigenvalue weighted by Gasteiger charge is -2.17. The number of hydrogen-bond acceptors (Lipinski definition) is 3. The first-order valence-electron chi connectivity index (χ1n) is 5.50. The van der Waals surface area contributed by atoms with Crippen LogP contribution in [0.25, 0.3) is 0 Å². The van der Waals surface area contributed by atoms with Crippen LogP contribution in [-0.2, 0) is 4.79 Å². The molecular weight excluding hydrogens is 220 g/mol. The molecule has 0 spiro atoms. The topological polar surface area (TPSA) is 66.8 Å². The molecule has 0 aromatic heterocycles. The van der Waals surface area contributed by atoms with Crippen molar-refractivity contribution in [2.24, 2.45) is 0 Å². The molecule has 0 fully saturated rings. The molecule has 0 saturated carbocycles. The number of methoxy groups -OCH3 is 1. The molecule has 17 heavy (non-hydrogen) atoms. The summed E-state index contributed by atoms with van der Waals surface area (Å²) in [6, 6.07) is 3.80. The zero-order valence-corrected chi connectivity index (χ0v) is 10.4. The zero-order chi connectivity index (χ0) is 13.0. The Hall–Kier alpha value is -1.55. The summed E-state index contributed by atoms with van der Waals surface area (Å²) < 4.78 is 5.25. The van der Waals surface area contributed by atoms with Crippen LogP contribution < -0.4 is 4.74 Å². The summed E-state index contributed by atoms with van der Waals surface area (Å²) in [6.45, 7) is 3.83. The molecule has 4 nitrogen and oxygen atoms in total. The third-order valence-corrected chi connectivity index (χ3v) is 2.64. The van der Waals surface area contributed by atoms with E-state index in [1.807, 2.05) is 26.0 Å². The number of hydrogen-bond donors (Lipinski definition) is 2. The van der Waals surface area contributed by atoms with Gasteiger partial charge in [0.2, 0.25) is 0 Å². The monoisotopic (exact) mass is 238 g/mol. The predicted octanol–water partition coefficient (Wildman–Crippen LogP) is 2.21. The number of carbonyl (C=O) groups is 1. The summed E-state index contributed by atoms with van der Waals surface area (Å²) in [5, 5.41) is 18.6. The molecule has 1 aromatic rings. The third kappa shape index (κ3) is 3.46. The average Bonchev–Trinajstić information content (AvgIpc) is 2.24. The number of rotatable bonds is 5. The predicted molar refractivity (Wildman–Crippen MR) is 64.3 cm³/mol. The van der Waals surface area contributed by atoms with E-state index in [9.17, 15) is 9.90 Å². The molecule has 0 radical (unpaired) electrons. The van der Waals surface area contributed by atoms with Gasteiger partial charge < -0.3 is 14.9 Å². The summed E-state index contributed by atoms with van der Waals surface area (Å²) in [4.78, 5) is 10.5. The highest BCUT2D eigenvalue weighted by molar-refractivity contribution is 5.66. The van der Waals surface area contributed by atoms with Gasteiger partial charge in [0.15, 0.2) is 0 Å². The fraction of sp³-hybridized carbons (Fsp3) is 0.462. The van der Waals surface area contributed by atoms with Gasteiger partial charge in [0.1, 0.15) is 5.75 Å². The van der Waals surface area contributed by atoms with Gasteiger partial charge in [0, 0.05) is 12.0 Å². The number of ether oxygens (including phenoxy) is 1. The van der Waals surface area contributed by atoms with Crippen LogP contribution in [-0.4, -0.2) is 23.3 Å². The van der Waals surface area contributed by atoms with E-state index in [-0.39, 0.29) is 12.8 Å². The number of carboxylic acids is 1. The van der Waals surface area contributed by atoms with E-state index >= 15 is 0 Å². The highest BCUT2D eigenvalue weighted by atomic mass is 16.5. The first kappa shape index (κ1) is 13.5. The number of aliphatic carboxylic acids is 1. The molecule has 4 heteroatoms. The molecule has 0 amide bonds. The first-order chi connectivity index (χ1) is 7.95. The second kappa shape index (κ2) is 5.68. The van der Waals surface area contributed by atoms with E-state index in [1.165, 1.54) is 0 Å². The Morgan fingerprint density at radius 1 is 1.41 bits per heavy atom. The van der Waals surface area contributed by atoms with Crippen molar-refractivity contribution in [1.82, 2.24) is 0 Å². The quantitative estimate of drug-likeness (QED) is 0.825. The zero-order valence-electron chi connectivity index (χ0n) is 10.4. The van der Waals surface area contributed by atoms with Crippen LogP contribution in [0.1, 0.15) is 35.6 Å². The highest BCUT2D eigenvalue weighted by Crippen LogP contribution is 2.32. The SMILES string of the molecule is COc1c(C)cc(C)cc1C(O)CCC(=O)O. The molecule has 0 saturated heterocycles. The van der Waals surface area contributed by atoms with Crippen molar-refractivity contribution >= 4 is 5.97 Å². The molecule has 0 heterocycles. The Bertz CT molecular complexity index is 412. The van der Waals surface area contributed by atoms with Gasteiger partial charge in [-0.05, 0) is 31.9 Å². The van der Waals surface area contributed by atoms with Crippen molar-refractivity contribution in [2.45, 2.75) is 32.8 Å². The number of aliphatic hydroxyl groups is 1. The third-order valence-electron chi connectivity index (χ3n) is 2.64. The second-order valence-corrected chi connectivity index (χ2v) is 4.15. The fourth-order valence-electron chi connectivity index (χ4n) is 1.93. The molecular formula is C13H18O4. The van der Waals surface area contributed by atoms with Crippen molar-refractivity contribution in [3.05, 3.63) is 28.8 Å². The van der Waals surface area contributed by atoms with E-state index in [0.717, 1.165) is 11.1 Å². The minimum Gasteiger partial charge on any atom is -0.496 e. The molecule has 94 valence electrons. The van der Waals surface area contributed by atoms with Crippen molar-refractivity contribution in [2.75, 3.05) is 7.11 Å². The van der Waals surface area contributed by atoms with Crippen LogP contribution in [0.15, 0.2) is 12.1 Å². The second-order valence-electron chi connectivity index (χ2n) is 4.15. The Kier molecular flexibility index (Phi) is 4.52. The van der Waals surface area contributed by atoms with Gasteiger partial charge in [-0.25, -0.2) is 0 Å². The molecule has 1 aromatic carbocycles. The number of aryl methyl sites for hydroxylation is 2. The van der Waals surface area contributed by atoms with Gasteiger partial charge in [0.25, 0.3) is 0 Å². The summed E-state index contributed by atoms with van der Waals surface area (Å²) >= 11 is 0. The van der Waals surface area contributed by atoms with Crippen LogP contribution in [0.5, 0.6) is 5.75 Å². The van der Waals surface area contributed by atoms with Gasteiger partial charge in [-0.15, -0.1) is 0 Å². The molecule has 1 unspecified atom stereocenters. The maximum Gasteiger partial charge on any atom is 0.303 e. The van der Waals surface area contributed by atoms with Gasteiger partial charge in [-0.2, -0.15) is 0 Å². The molecule has 2 N–H and O–H groups in total. The minimum absolute atomic E-state index is 0.0582. The van der Waals surface area contributed by atoms with Gasteiger partial charge >= 0.3 is 5.97 Å². The van der Waals surface area contributed by atoms with Crippen LogP contribution in [0.2, 0.25) is 0 Å². The molecule has 1 atom stereocenters. The number of benzene rings is 1. The summed E-state index contributed by atoms with van der Waals surface area (Å²) in [5.41, 5.74) is 2.62. The maximum absolute atomic E-state index is 10.5. The fourth-order valence-corrected chi connectivity index (χ4v) is 1.93. The van der Waals surface area contributed by atoms with Gasteiger partial charge in [-0.3, -0.25) is 4.79 Å². The minimum atomic E-state index is -0.910. The Labute approximate surface area is 101 Å². The molecule has 1 rings (SSSR count). The van der Waals surface area contributed by atoms with E-state index in [1.54, 1.807) is 7.11 Å². The van der Waals surface area contributed by atoms with Crippen molar-refractivity contribution < 1.29 is 19.7 Å². The van der Waals surface area contributed by atoms with Crippen molar-refractivity contribution in [3.8, 4) is 5.75 Å². The molecule has 0 aliphatic carbocycles.